The summed E-state index contributed by atoms with van der Waals surface area (Å²) in [6.45, 7) is 0.789. The van der Waals surface area contributed by atoms with E-state index in [9.17, 15) is 13.6 Å². The maximum Gasteiger partial charge on any atom is 0.185 e. The summed E-state index contributed by atoms with van der Waals surface area (Å²) in [5.74, 6) is -1.28. The van der Waals surface area contributed by atoms with E-state index < -0.39 is 11.6 Å². The molecule has 0 bridgehead atoms. The van der Waals surface area contributed by atoms with Crippen LogP contribution in [0.1, 0.15) is 15.9 Å². The van der Waals surface area contributed by atoms with Crippen molar-refractivity contribution in [2.75, 3.05) is 27.4 Å². The highest BCUT2D eigenvalue weighted by molar-refractivity contribution is 6.07. The first-order valence-corrected chi connectivity index (χ1v) is 7.52. The van der Waals surface area contributed by atoms with Gasteiger partial charge in [-0.25, -0.2) is 8.78 Å². The molecule has 0 aliphatic carbocycles. The molecule has 2 rings (SSSR count). The van der Waals surface area contributed by atoms with Gasteiger partial charge in [0.2, 0.25) is 0 Å². The van der Waals surface area contributed by atoms with Gasteiger partial charge in [-0.3, -0.25) is 4.79 Å². The molecule has 0 saturated heterocycles. The zero-order chi connectivity index (χ0) is 18.2. The van der Waals surface area contributed by atoms with Crippen LogP contribution in [0.25, 0.3) is 6.08 Å². The van der Waals surface area contributed by atoms with Crippen LogP contribution in [-0.4, -0.2) is 33.2 Å². The Balaban J connectivity index is 2.12. The van der Waals surface area contributed by atoms with E-state index in [4.69, 9.17) is 14.2 Å². The van der Waals surface area contributed by atoms with E-state index in [-0.39, 0.29) is 5.78 Å². The number of methoxy groups -OCH3 is 2. The topological polar surface area (TPSA) is 44.8 Å². The number of carbonyl (C=O) groups is 1. The summed E-state index contributed by atoms with van der Waals surface area (Å²) < 4.78 is 41.7. The second kappa shape index (κ2) is 8.94. The van der Waals surface area contributed by atoms with Crippen molar-refractivity contribution in [1.82, 2.24) is 0 Å². The third-order valence-electron chi connectivity index (χ3n) is 3.36. The van der Waals surface area contributed by atoms with Gasteiger partial charge in [-0.15, -0.1) is 0 Å². The lowest BCUT2D eigenvalue weighted by Gasteiger charge is -2.11. The average Bonchev–Trinajstić information content (AvgIpc) is 2.62. The van der Waals surface area contributed by atoms with Crippen molar-refractivity contribution in [1.29, 1.82) is 0 Å². The van der Waals surface area contributed by atoms with E-state index in [1.165, 1.54) is 25.3 Å². The summed E-state index contributed by atoms with van der Waals surface area (Å²) in [7, 11) is 3.05. The van der Waals surface area contributed by atoms with Crippen LogP contribution >= 0.6 is 0 Å². The number of carbonyl (C=O) groups excluding carboxylic acids is 1. The molecule has 2 aromatic rings. The monoisotopic (exact) mass is 348 g/mol. The Hall–Kier alpha value is -2.73. The predicted octanol–water partition coefficient (Wildman–Crippen LogP) is 3.89. The molecule has 0 radical (unpaired) electrons. The third-order valence-corrected chi connectivity index (χ3v) is 3.36. The summed E-state index contributed by atoms with van der Waals surface area (Å²) in [6.07, 6.45) is 2.70. The highest BCUT2D eigenvalue weighted by atomic mass is 19.2. The van der Waals surface area contributed by atoms with Crippen molar-refractivity contribution in [2.45, 2.75) is 0 Å². The lowest BCUT2D eigenvalue weighted by atomic mass is 10.1. The summed E-state index contributed by atoms with van der Waals surface area (Å²) in [5, 5.41) is 0. The normalized spacial score (nSPS) is 10.9. The molecular formula is C19H18F2O4. The molecule has 0 aliphatic rings. The molecule has 0 N–H and O–H groups in total. The molecule has 0 aliphatic heterocycles. The van der Waals surface area contributed by atoms with Gasteiger partial charge in [0.1, 0.15) is 6.61 Å². The lowest BCUT2D eigenvalue weighted by Crippen LogP contribution is -2.06. The smallest absolute Gasteiger partial charge is 0.185 e. The van der Waals surface area contributed by atoms with Crippen molar-refractivity contribution in [2.24, 2.45) is 0 Å². The van der Waals surface area contributed by atoms with Crippen molar-refractivity contribution >= 4 is 11.9 Å². The molecule has 0 saturated carbocycles. The van der Waals surface area contributed by atoms with E-state index in [1.807, 2.05) is 0 Å². The van der Waals surface area contributed by atoms with E-state index in [0.717, 1.165) is 12.1 Å². The van der Waals surface area contributed by atoms with Gasteiger partial charge in [0.05, 0.1) is 13.7 Å². The zero-order valence-electron chi connectivity index (χ0n) is 13.9. The number of halogens is 2. The highest BCUT2D eigenvalue weighted by Gasteiger charge is 2.10. The largest absolute Gasteiger partial charge is 0.493 e. The maximum absolute atomic E-state index is 13.2. The predicted molar refractivity (Wildman–Crippen MR) is 90.1 cm³/mol. The molecule has 0 unspecified atom stereocenters. The molecule has 0 spiro atoms. The number of ketones is 1. The number of hydrogen-bond acceptors (Lipinski definition) is 4. The van der Waals surface area contributed by atoms with E-state index >= 15 is 0 Å². The zero-order valence-corrected chi connectivity index (χ0v) is 13.9. The van der Waals surface area contributed by atoms with Gasteiger partial charge in [0, 0.05) is 12.7 Å². The number of hydrogen-bond donors (Lipinski definition) is 0. The van der Waals surface area contributed by atoms with Crippen molar-refractivity contribution in [3.8, 4) is 11.5 Å². The molecule has 0 amide bonds. The Morgan fingerprint density at radius 1 is 1.00 bits per heavy atom. The minimum absolute atomic E-state index is 0.300. The second-order valence-corrected chi connectivity index (χ2v) is 5.08. The fourth-order valence-electron chi connectivity index (χ4n) is 2.06. The van der Waals surface area contributed by atoms with Gasteiger partial charge in [-0.2, -0.15) is 0 Å². The fraction of sp³-hybridized carbons (Fsp3) is 0.211. The van der Waals surface area contributed by atoms with Crippen LogP contribution in [0, 0.1) is 11.6 Å². The molecule has 0 aromatic heterocycles. The molecule has 0 atom stereocenters. The lowest BCUT2D eigenvalue weighted by molar-refractivity contribution is 0.104. The first kappa shape index (κ1) is 18.6. The van der Waals surface area contributed by atoms with Crippen LogP contribution in [0.4, 0.5) is 8.78 Å². The molecule has 25 heavy (non-hydrogen) atoms. The molecule has 2 aromatic carbocycles. The van der Waals surface area contributed by atoms with Crippen molar-refractivity contribution in [3.63, 3.8) is 0 Å². The second-order valence-electron chi connectivity index (χ2n) is 5.08. The molecule has 0 heterocycles. The highest BCUT2D eigenvalue weighted by Crippen LogP contribution is 2.28. The molecule has 0 fully saturated rings. The van der Waals surface area contributed by atoms with Gasteiger partial charge in [0.15, 0.2) is 28.9 Å². The Labute approximate surface area is 144 Å². The molecule has 6 heteroatoms. The summed E-state index contributed by atoms with van der Waals surface area (Å²) in [5.41, 5.74) is 0.772. The molecular weight excluding hydrogens is 330 g/mol. The number of benzene rings is 2. The van der Waals surface area contributed by atoms with Crippen LogP contribution < -0.4 is 9.47 Å². The van der Waals surface area contributed by atoms with Crippen LogP contribution in [0.3, 0.4) is 0 Å². The summed E-state index contributed by atoms with van der Waals surface area (Å²) in [4.78, 5) is 12.2. The van der Waals surface area contributed by atoms with Gasteiger partial charge in [-0.1, -0.05) is 12.1 Å². The Morgan fingerprint density at radius 2 is 1.80 bits per heavy atom. The first-order chi connectivity index (χ1) is 12.0. The van der Waals surface area contributed by atoms with Gasteiger partial charge >= 0.3 is 0 Å². The summed E-state index contributed by atoms with van der Waals surface area (Å²) >= 11 is 0. The fourth-order valence-corrected chi connectivity index (χ4v) is 2.06. The van der Waals surface area contributed by atoms with Crippen LogP contribution in [0.15, 0.2) is 42.5 Å². The van der Waals surface area contributed by atoms with Gasteiger partial charge in [-0.05, 0) is 42.0 Å². The average molecular weight is 348 g/mol. The van der Waals surface area contributed by atoms with Gasteiger partial charge in [0.25, 0.3) is 0 Å². The summed E-state index contributed by atoms with van der Waals surface area (Å²) in [6, 6.07) is 8.20. The van der Waals surface area contributed by atoms with E-state index in [0.29, 0.717) is 35.8 Å². The minimum atomic E-state index is -0.964. The number of allylic oxidation sites excluding steroid dienone is 1. The van der Waals surface area contributed by atoms with Gasteiger partial charge < -0.3 is 14.2 Å². The number of ether oxygens (including phenoxy) is 3. The standard InChI is InChI=1S/C19H18F2O4/c1-23-9-10-25-18-8-5-14(12-19(18)24-2)17(22)7-4-13-3-6-15(20)16(21)11-13/h3-8,11-12H,9-10H2,1-2H3/b7-4+. The SMILES string of the molecule is COCCOc1ccc(C(=O)/C=C/c2ccc(F)c(F)c2)cc1OC. The third kappa shape index (κ3) is 5.12. The van der Waals surface area contributed by atoms with E-state index in [2.05, 4.69) is 0 Å². The first-order valence-electron chi connectivity index (χ1n) is 7.52. The van der Waals surface area contributed by atoms with E-state index in [1.54, 1.807) is 25.3 Å². The Bertz CT molecular complexity index is 772. The van der Waals surface area contributed by atoms with Crippen molar-refractivity contribution < 1.29 is 27.8 Å². The molecule has 132 valence electrons. The Morgan fingerprint density at radius 3 is 2.48 bits per heavy atom. The molecule has 4 nitrogen and oxygen atoms in total. The maximum atomic E-state index is 13.2. The van der Waals surface area contributed by atoms with Crippen molar-refractivity contribution in [3.05, 3.63) is 65.2 Å². The van der Waals surface area contributed by atoms with Crippen LogP contribution in [0.5, 0.6) is 11.5 Å². The minimum Gasteiger partial charge on any atom is -0.493 e. The van der Waals surface area contributed by atoms with Crippen LogP contribution in [0.2, 0.25) is 0 Å². The van der Waals surface area contributed by atoms with Crippen LogP contribution in [-0.2, 0) is 4.74 Å². The number of rotatable bonds is 8. The quantitative estimate of drug-likeness (QED) is 0.412. The Kier molecular flexibility index (Phi) is 6.65.